The molecule has 0 unspecified atom stereocenters. The minimum absolute atomic E-state index is 0.235. The maximum absolute atomic E-state index is 13.0. The van der Waals surface area contributed by atoms with Crippen LogP contribution in [0.15, 0.2) is 53.4 Å². The van der Waals surface area contributed by atoms with Gasteiger partial charge in [-0.25, -0.2) is 8.42 Å². The average Bonchev–Trinajstić information content (AvgIpc) is 2.55. The zero-order valence-corrected chi connectivity index (χ0v) is 16.4. The van der Waals surface area contributed by atoms with Gasteiger partial charge in [-0.15, -0.1) is 0 Å². The van der Waals surface area contributed by atoms with Gasteiger partial charge in [0.1, 0.15) is 0 Å². The van der Waals surface area contributed by atoms with Crippen LogP contribution in [-0.2, 0) is 10.0 Å². The van der Waals surface area contributed by atoms with Crippen molar-refractivity contribution in [2.75, 3.05) is 10.8 Å². The molecule has 0 aliphatic heterocycles. The van der Waals surface area contributed by atoms with E-state index in [2.05, 4.69) is 0 Å². The van der Waals surface area contributed by atoms with E-state index in [1.54, 1.807) is 24.3 Å². The second kappa shape index (κ2) is 8.88. The zero-order valence-electron chi connectivity index (χ0n) is 15.6. The summed E-state index contributed by atoms with van der Waals surface area (Å²) < 4.78 is 27.6. The molecule has 0 aromatic heterocycles. The van der Waals surface area contributed by atoms with Gasteiger partial charge in [-0.3, -0.25) is 4.31 Å². The largest absolute Gasteiger partial charge is 0.266 e. The molecule has 2 aromatic carbocycles. The van der Waals surface area contributed by atoms with Crippen molar-refractivity contribution in [3.05, 3.63) is 59.7 Å². The summed E-state index contributed by atoms with van der Waals surface area (Å²) in [7, 11) is -3.55. The summed E-state index contributed by atoms with van der Waals surface area (Å²) in [6.45, 7) is 12.5. The molecule has 0 aliphatic rings. The SMILES string of the molecule is CC.Cc1ccc(N(CC(C)C)S(=O)(=O)c2ccccc2)c(C)c1. The van der Waals surface area contributed by atoms with Crippen LogP contribution in [0.2, 0.25) is 0 Å². The van der Waals surface area contributed by atoms with Crippen LogP contribution >= 0.6 is 0 Å². The van der Waals surface area contributed by atoms with E-state index in [0.29, 0.717) is 11.4 Å². The van der Waals surface area contributed by atoms with Crippen molar-refractivity contribution >= 4 is 15.7 Å². The van der Waals surface area contributed by atoms with Gasteiger partial charge in [-0.2, -0.15) is 0 Å². The summed E-state index contributed by atoms with van der Waals surface area (Å²) >= 11 is 0. The van der Waals surface area contributed by atoms with Crippen molar-refractivity contribution in [3.63, 3.8) is 0 Å². The van der Waals surface area contributed by atoms with Gasteiger partial charge in [0.2, 0.25) is 0 Å². The normalized spacial score (nSPS) is 11.0. The van der Waals surface area contributed by atoms with Gasteiger partial charge in [0.15, 0.2) is 0 Å². The van der Waals surface area contributed by atoms with E-state index in [1.807, 2.05) is 65.8 Å². The number of nitrogens with zero attached hydrogens (tertiary/aromatic N) is 1. The first-order chi connectivity index (χ1) is 11.3. The molecule has 132 valence electrons. The second-order valence-corrected chi connectivity index (χ2v) is 7.90. The molecule has 0 heterocycles. The Morgan fingerprint density at radius 3 is 2.04 bits per heavy atom. The van der Waals surface area contributed by atoms with Crippen LogP contribution in [0.1, 0.15) is 38.8 Å². The van der Waals surface area contributed by atoms with Crippen LogP contribution in [0.25, 0.3) is 0 Å². The molecule has 2 rings (SSSR count). The Morgan fingerprint density at radius 2 is 1.54 bits per heavy atom. The molecule has 0 fully saturated rings. The Hall–Kier alpha value is -1.81. The third-order valence-electron chi connectivity index (χ3n) is 3.48. The number of hydrogen-bond donors (Lipinski definition) is 0. The lowest BCUT2D eigenvalue weighted by Crippen LogP contribution is -2.34. The molecule has 0 bridgehead atoms. The van der Waals surface area contributed by atoms with Crippen LogP contribution in [0.3, 0.4) is 0 Å². The minimum Gasteiger partial charge on any atom is -0.266 e. The second-order valence-electron chi connectivity index (χ2n) is 6.03. The Labute approximate surface area is 147 Å². The highest BCUT2D eigenvalue weighted by atomic mass is 32.2. The van der Waals surface area contributed by atoms with E-state index in [0.717, 1.165) is 16.8 Å². The molecule has 24 heavy (non-hydrogen) atoms. The third-order valence-corrected chi connectivity index (χ3v) is 5.28. The first-order valence-electron chi connectivity index (χ1n) is 8.47. The van der Waals surface area contributed by atoms with E-state index in [4.69, 9.17) is 0 Å². The quantitative estimate of drug-likeness (QED) is 0.747. The number of benzene rings is 2. The predicted molar refractivity (Wildman–Crippen MR) is 103 cm³/mol. The number of aryl methyl sites for hydroxylation is 2. The number of sulfonamides is 1. The van der Waals surface area contributed by atoms with Crippen LogP contribution in [-0.4, -0.2) is 15.0 Å². The average molecular weight is 348 g/mol. The molecule has 4 heteroatoms. The fraction of sp³-hybridized carbons (Fsp3) is 0.400. The third kappa shape index (κ3) is 4.84. The van der Waals surface area contributed by atoms with Crippen molar-refractivity contribution in [2.24, 2.45) is 5.92 Å². The summed E-state index contributed by atoms with van der Waals surface area (Å²) in [5.41, 5.74) is 2.85. The first-order valence-corrected chi connectivity index (χ1v) is 9.91. The van der Waals surface area contributed by atoms with Crippen molar-refractivity contribution in [1.82, 2.24) is 0 Å². The molecular weight excluding hydrogens is 318 g/mol. The molecule has 0 N–H and O–H groups in total. The van der Waals surface area contributed by atoms with Gasteiger partial charge >= 0.3 is 0 Å². The Balaban J connectivity index is 0.00000139. The van der Waals surface area contributed by atoms with Gasteiger partial charge in [-0.05, 0) is 43.5 Å². The monoisotopic (exact) mass is 347 g/mol. The standard InChI is InChI=1S/C18H23NO2S.C2H6/c1-14(2)13-19(18-11-10-15(3)12-16(18)4)22(20,21)17-8-6-5-7-9-17;1-2/h5-12,14H,13H2,1-4H3;1-2H3. The Bertz CT molecular complexity index is 737. The van der Waals surface area contributed by atoms with Crippen LogP contribution < -0.4 is 4.31 Å². The van der Waals surface area contributed by atoms with E-state index < -0.39 is 10.0 Å². The molecule has 0 amide bonds. The van der Waals surface area contributed by atoms with E-state index in [9.17, 15) is 8.42 Å². The molecule has 0 radical (unpaired) electrons. The van der Waals surface area contributed by atoms with Crippen LogP contribution in [0.4, 0.5) is 5.69 Å². The van der Waals surface area contributed by atoms with Gasteiger partial charge < -0.3 is 0 Å². The predicted octanol–water partition coefficient (Wildman–Crippen LogP) is 5.18. The van der Waals surface area contributed by atoms with Crippen molar-refractivity contribution < 1.29 is 8.42 Å². The Morgan fingerprint density at radius 1 is 0.958 bits per heavy atom. The highest BCUT2D eigenvalue weighted by Crippen LogP contribution is 2.28. The topological polar surface area (TPSA) is 37.4 Å². The molecule has 0 spiro atoms. The molecule has 0 saturated heterocycles. The highest BCUT2D eigenvalue weighted by Gasteiger charge is 2.26. The molecule has 3 nitrogen and oxygen atoms in total. The number of hydrogen-bond acceptors (Lipinski definition) is 2. The highest BCUT2D eigenvalue weighted by molar-refractivity contribution is 7.92. The fourth-order valence-corrected chi connectivity index (χ4v) is 4.18. The summed E-state index contributed by atoms with van der Waals surface area (Å²) in [4.78, 5) is 0.329. The zero-order chi connectivity index (χ0) is 18.3. The molecule has 0 aliphatic carbocycles. The van der Waals surface area contributed by atoms with Crippen molar-refractivity contribution in [2.45, 2.75) is 46.4 Å². The summed E-state index contributed by atoms with van der Waals surface area (Å²) in [5.74, 6) is 0.235. The molecule has 0 atom stereocenters. The summed E-state index contributed by atoms with van der Waals surface area (Å²) in [6.07, 6.45) is 0. The van der Waals surface area contributed by atoms with Gasteiger partial charge in [0.25, 0.3) is 10.0 Å². The van der Waals surface area contributed by atoms with Crippen LogP contribution in [0, 0.1) is 19.8 Å². The molecule has 0 saturated carbocycles. The molecule has 2 aromatic rings. The van der Waals surface area contributed by atoms with Crippen LogP contribution in [0.5, 0.6) is 0 Å². The first kappa shape index (κ1) is 20.2. The number of rotatable bonds is 5. The lowest BCUT2D eigenvalue weighted by atomic mass is 10.1. The smallest absolute Gasteiger partial charge is 0.264 e. The fourth-order valence-electron chi connectivity index (χ4n) is 2.46. The summed E-state index contributed by atoms with van der Waals surface area (Å²) in [5, 5.41) is 0. The lowest BCUT2D eigenvalue weighted by Gasteiger charge is -2.28. The van der Waals surface area contributed by atoms with E-state index >= 15 is 0 Å². The molecular formula is C20H29NO2S. The van der Waals surface area contributed by atoms with Crippen molar-refractivity contribution in [1.29, 1.82) is 0 Å². The lowest BCUT2D eigenvalue weighted by molar-refractivity contribution is 0.577. The van der Waals surface area contributed by atoms with Gasteiger partial charge in [0.05, 0.1) is 10.6 Å². The maximum Gasteiger partial charge on any atom is 0.264 e. The number of anilines is 1. The summed E-state index contributed by atoms with van der Waals surface area (Å²) in [6, 6.07) is 14.5. The maximum atomic E-state index is 13.0. The van der Waals surface area contributed by atoms with Gasteiger partial charge in [0, 0.05) is 6.54 Å². The van der Waals surface area contributed by atoms with Crippen molar-refractivity contribution in [3.8, 4) is 0 Å². The Kier molecular flexibility index (Phi) is 7.49. The van der Waals surface area contributed by atoms with E-state index in [-0.39, 0.29) is 5.92 Å². The van der Waals surface area contributed by atoms with Gasteiger partial charge in [-0.1, -0.05) is 63.6 Å². The minimum atomic E-state index is -3.55. The van der Waals surface area contributed by atoms with E-state index in [1.165, 1.54) is 4.31 Å².